The van der Waals surface area contributed by atoms with Crippen molar-refractivity contribution in [3.05, 3.63) is 24.3 Å². The highest BCUT2D eigenvalue weighted by molar-refractivity contribution is 5.90. The summed E-state index contributed by atoms with van der Waals surface area (Å²) in [4.78, 5) is 22.7. The first-order valence-corrected chi connectivity index (χ1v) is 7.76. The number of ether oxygens (including phenoxy) is 2. The van der Waals surface area contributed by atoms with Crippen LogP contribution in [-0.4, -0.2) is 64.4 Å². The lowest BCUT2D eigenvalue weighted by Gasteiger charge is -2.42. The predicted molar refractivity (Wildman–Crippen MR) is 86.7 cm³/mol. The van der Waals surface area contributed by atoms with Crippen LogP contribution in [0, 0.1) is 0 Å². The van der Waals surface area contributed by atoms with E-state index in [2.05, 4.69) is 10.6 Å². The molecule has 1 aromatic carbocycles. The first-order chi connectivity index (χ1) is 11.8. The van der Waals surface area contributed by atoms with Crippen molar-refractivity contribution in [1.82, 2.24) is 5.32 Å². The minimum Gasteiger partial charge on any atom is -0.460 e. The van der Waals surface area contributed by atoms with Gasteiger partial charge in [-0.3, -0.25) is 9.59 Å². The largest absolute Gasteiger partial charge is 0.460 e. The van der Waals surface area contributed by atoms with Gasteiger partial charge in [0.05, 0.1) is 12.3 Å². The molecule has 1 aliphatic rings. The Kier molecular flexibility index (Phi) is 6.32. The lowest BCUT2D eigenvalue weighted by molar-refractivity contribution is -0.244. The summed E-state index contributed by atoms with van der Waals surface area (Å²) in [5.41, 5.74) is 0.376. The molecule has 138 valence electrons. The Hall–Kier alpha value is -2.20. The van der Waals surface area contributed by atoms with Crippen LogP contribution in [0.3, 0.4) is 0 Å². The van der Waals surface area contributed by atoms with Crippen molar-refractivity contribution in [3.8, 4) is 5.75 Å². The molecule has 0 unspecified atom stereocenters. The predicted octanol–water partition coefficient (Wildman–Crippen LogP) is -1.03. The highest BCUT2D eigenvalue weighted by Crippen LogP contribution is 2.29. The number of amides is 2. The second kappa shape index (κ2) is 8.26. The van der Waals surface area contributed by atoms with Gasteiger partial charge in [-0.25, -0.2) is 0 Å². The van der Waals surface area contributed by atoms with Crippen molar-refractivity contribution in [2.75, 3.05) is 11.9 Å². The standard InChI is InChI=1S/C16H22N2O7/c1-8(20)17-10-5-3-4-6-11(10)24-16-13(18-9(2)21)15(23)14(22)12(7-19)25-16/h3-6,12-16,19,22-23H,7H2,1-2H3,(H,17,20)(H,18,21)/t12-,13+,14+,15-,16+/m1/s1. The molecule has 0 bridgehead atoms. The molecule has 25 heavy (non-hydrogen) atoms. The molecule has 0 radical (unpaired) electrons. The smallest absolute Gasteiger partial charge is 0.223 e. The van der Waals surface area contributed by atoms with Gasteiger partial charge in [0.2, 0.25) is 18.1 Å². The van der Waals surface area contributed by atoms with E-state index >= 15 is 0 Å². The fourth-order valence-corrected chi connectivity index (χ4v) is 2.56. The summed E-state index contributed by atoms with van der Waals surface area (Å²) in [5.74, 6) is -0.507. The highest BCUT2D eigenvalue weighted by atomic mass is 16.7. The van der Waals surface area contributed by atoms with Crippen LogP contribution in [0.2, 0.25) is 0 Å². The zero-order chi connectivity index (χ0) is 18.6. The Balaban J connectivity index is 2.27. The molecule has 0 aromatic heterocycles. The number of hydrogen-bond donors (Lipinski definition) is 5. The third-order valence-corrected chi connectivity index (χ3v) is 3.69. The normalized spacial score (nSPS) is 28.9. The summed E-state index contributed by atoms with van der Waals surface area (Å²) in [5, 5.41) is 34.6. The van der Waals surface area contributed by atoms with Crippen LogP contribution in [0.25, 0.3) is 0 Å². The summed E-state index contributed by atoms with van der Waals surface area (Å²) in [6.07, 6.45) is -5.08. The molecule has 1 aromatic rings. The number of aliphatic hydroxyl groups excluding tert-OH is 3. The first-order valence-electron chi connectivity index (χ1n) is 7.76. The average Bonchev–Trinajstić information content (AvgIpc) is 2.55. The van der Waals surface area contributed by atoms with Gasteiger partial charge in [0.1, 0.15) is 30.1 Å². The second-order valence-corrected chi connectivity index (χ2v) is 5.73. The SMILES string of the molecule is CC(=O)Nc1ccccc1O[C@H]1O[C@H](CO)[C@H](O)[C@H](O)[C@@H]1NC(C)=O. The molecule has 1 fully saturated rings. The van der Waals surface area contributed by atoms with Crippen LogP contribution in [-0.2, 0) is 14.3 Å². The maximum Gasteiger partial charge on any atom is 0.223 e. The van der Waals surface area contributed by atoms with E-state index in [1.165, 1.54) is 13.8 Å². The summed E-state index contributed by atoms with van der Waals surface area (Å²) >= 11 is 0. The van der Waals surface area contributed by atoms with Gasteiger partial charge in [0, 0.05) is 13.8 Å². The van der Waals surface area contributed by atoms with Crippen molar-refractivity contribution >= 4 is 17.5 Å². The zero-order valence-corrected chi connectivity index (χ0v) is 13.9. The Bertz CT molecular complexity index is 624. The minimum absolute atomic E-state index is 0.248. The molecule has 0 saturated carbocycles. The number of aliphatic hydroxyl groups is 3. The number of nitrogens with one attached hydrogen (secondary N) is 2. The number of rotatable bonds is 5. The van der Waals surface area contributed by atoms with Crippen LogP contribution >= 0.6 is 0 Å². The average molecular weight is 354 g/mol. The van der Waals surface area contributed by atoms with E-state index in [0.717, 1.165) is 0 Å². The molecule has 5 N–H and O–H groups in total. The van der Waals surface area contributed by atoms with E-state index in [1.807, 2.05) is 0 Å². The molecule has 2 amide bonds. The third-order valence-electron chi connectivity index (χ3n) is 3.69. The Morgan fingerprint density at radius 2 is 1.84 bits per heavy atom. The Labute approximate surface area is 144 Å². The van der Waals surface area contributed by atoms with E-state index in [9.17, 15) is 24.9 Å². The minimum atomic E-state index is -1.41. The molecular weight excluding hydrogens is 332 g/mol. The topological polar surface area (TPSA) is 137 Å². The van der Waals surface area contributed by atoms with E-state index in [-0.39, 0.29) is 11.7 Å². The maximum atomic E-state index is 11.4. The van der Waals surface area contributed by atoms with Crippen molar-refractivity contribution in [1.29, 1.82) is 0 Å². The molecule has 9 heteroatoms. The van der Waals surface area contributed by atoms with E-state index in [1.54, 1.807) is 24.3 Å². The molecule has 0 aliphatic carbocycles. The maximum absolute atomic E-state index is 11.4. The second-order valence-electron chi connectivity index (χ2n) is 5.73. The third kappa shape index (κ3) is 4.67. The molecule has 1 aliphatic heterocycles. The van der Waals surface area contributed by atoms with E-state index in [0.29, 0.717) is 5.69 Å². The summed E-state index contributed by atoms with van der Waals surface area (Å²) in [6, 6.07) is 5.49. The van der Waals surface area contributed by atoms with Crippen LogP contribution in [0.15, 0.2) is 24.3 Å². The summed E-state index contributed by atoms with van der Waals surface area (Å²) in [6.45, 7) is 2.05. The van der Waals surface area contributed by atoms with E-state index in [4.69, 9.17) is 9.47 Å². The number of anilines is 1. The molecule has 5 atom stereocenters. The van der Waals surface area contributed by atoms with Gasteiger partial charge in [0.15, 0.2) is 0 Å². The number of carbonyl (C=O) groups is 2. The number of benzene rings is 1. The van der Waals surface area contributed by atoms with Crippen molar-refractivity contribution in [3.63, 3.8) is 0 Å². The van der Waals surface area contributed by atoms with Gasteiger partial charge in [-0.1, -0.05) is 12.1 Å². The van der Waals surface area contributed by atoms with Crippen LogP contribution in [0.4, 0.5) is 5.69 Å². The monoisotopic (exact) mass is 354 g/mol. The van der Waals surface area contributed by atoms with Crippen LogP contribution < -0.4 is 15.4 Å². The lowest BCUT2D eigenvalue weighted by Crippen LogP contribution is -2.65. The van der Waals surface area contributed by atoms with Crippen LogP contribution in [0.5, 0.6) is 5.75 Å². The van der Waals surface area contributed by atoms with Gasteiger partial charge < -0.3 is 35.4 Å². The van der Waals surface area contributed by atoms with Gasteiger partial charge in [-0.15, -0.1) is 0 Å². The molecule has 9 nitrogen and oxygen atoms in total. The van der Waals surface area contributed by atoms with Gasteiger partial charge in [-0.05, 0) is 12.1 Å². The quantitative estimate of drug-likeness (QED) is 0.456. The fourth-order valence-electron chi connectivity index (χ4n) is 2.56. The van der Waals surface area contributed by atoms with E-state index < -0.39 is 43.2 Å². The Morgan fingerprint density at radius 3 is 2.44 bits per heavy atom. The Morgan fingerprint density at radius 1 is 1.16 bits per heavy atom. The molecule has 1 saturated heterocycles. The van der Waals surface area contributed by atoms with Crippen molar-refractivity contribution in [2.45, 2.75) is 44.5 Å². The number of para-hydroxylation sites is 2. The van der Waals surface area contributed by atoms with Gasteiger partial charge in [0.25, 0.3) is 0 Å². The lowest BCUT2D eigenvalue weighted by atomic mass is 9.97. The molecular formula is C16H22N2O7. The molecule has 0 spiro atoms. The number of hydrogen-bond acceptors (Lipinski definition) is 7. The number of carbonyl (C=O) groups excluding carboxylic acids is 2. The highest BCUT2D eigenvalue weighted by Gasteiger charge is 2.46. The zero-order valence-electron chi connectivity index (χ0n) is 13.9. The van der Waals surface area contributed by atoms with Crippen LogP contribution in [0.1, 0.15) is 13.8 Å². The van der Waals surface area contributed by atoms with Gasteiger partial charge >= 0.3 is 0 Å². The molecule has 2 rings (SSSR count). The summed E-state index contributed by atoms with van der Waals surface area (Å²) in [7, 11) is 0. The molecule has 1 heterocycles. The van der Waals surface area contributed by atoms with Gasteiger partial charge in [-0.2, -0.15) is 0 Å². The fraction of sp³-hybridized carbons (Fsp3) is 0.500. The van der Waals surface area contributed by atoms with Crippen molar-refractivity contribution in [2.24, 2.45) is 0 Å². The first kappa shape index (κ1) is 19.1. The van der Waals surface area contributed by atoms with Crippen molar-refractivity contribution < 1.29 is 34.4 Å². The summed E-state index contributed by atoms with van der Waals surface area (Å²) < 4.78 is 11.2.